The summed E-state index contributed by atoms with van der Waals surface area (Å²) < 4.78 is 32.7. The maximum absolute atomic E-state index is 12.6. The Hall–Kier alpha value is -2.13. The molecule has 10 heteroatoms. The van der Waals surface area contributed by atoms with Crippen molar-refractivity contribution < 1.29 is 22.7 Å². The van der Waals surface area contributed by atoms with Crippen molar-refractivity contribution in [2.24, 2.45) is 5.92 Å². The number of hydrogen-bond donors (Lipinski definition) is 2. The topological polar surface area (TPSA) is 102 Å². The molecule has 0 radical (unpaired) electrons. The number of rotatable bonds is 8. The molecule has 7 nitrogen and oxygen atoms in total. The Morgan fingerprint density at radius 2 is 1.53 bits per heavy atom. The number of nitrogens with one attached hydrogen (secondary N) is 2. The molecule has 0 fully saturated rings. The zero-order valence-corrected chi connectivity index (χ0v) is 18.9. The molecule has 2 aromatic rings. The van der Waals surface area contributed by atoms with E-state index in [-0.39, 0.29) is 4.90 Å². The monoisotopic (exact) mass is 472 g/mol. The number of carbonyl (C=O) groups excluding carboxylic acids is 2. The number of esters is 1. The van der Waals surface area contributed by atoms with Crippen molar-refractivity contribution in [3.8, 4) is 0 Å². The van der Waals surface area contributed by atoms with Gasteiger partial charge in [-0.05, 0) is 43.2 Å². The molecule has 0 aliphatic heterocycles. The Morgan fingerprint density at radius 1 is 0.967 bits per heavy atom. The fraction of sp³-hybridized carbons (Fsp3) is 0.300. The van der Waals surface area contributed by atoms with Crippen LogP contribution in [0.3, 0.4) is 0 Å². The zero-order chi connectivity index (χ0) is 22.5. The van der Waals surface area contributed by atoms with Gasteiger partial charge in [-0.2, -0.15) is 4.72 Å². The van der Waals surface area contributed by atoms with E-state index in [0.29, 0.717) is 15.7 Å². The maximum Gasteiger partial charge on any atom is 0.325 e. The Kier molecular flexibility index (Phi) is 8.25. The molecule has 0 heterocycles. The van der Waals surface area contributed by atoms with Crippen LogP contribution in [0.15, 0.2) is 53.4 Å². The summed E-state index contributed by atoms with van der Waals surface area (Å²) in [6, 6.07) is 11.0. The van der Waals surface area contributed by atoms with Crippen LogP contribution in [0.1, 0.15) is 20.8 Å². The highest BCUT2D eigenvalue weighted by atomic mass is 35.5. The van der Waals surface area contributed by atoms with Gasteiger partial charge in [-0.25, -0.2) is 8.42 Å². The summed E-state index contributed by atoms with van der Waals surface area (Å²) in [5.74, 6) is -1.90. The van der Waals surface area contributed by atoms with Crippen LogP contribution in [-0.2, 0) is 24.3 Å². The van der Waals surface area contributed by atoms with Gasteiger partial charge in [0, 0.05) is 15.7 Å². The minimum absolute atomic E-state index is 0.0204. The van der Waals surface area contributed by atoms with Crippen LogP contribution in [0.2, 0.25) is 10.0 Å². The Bertz CT molecular complexity index is 993. The van der Waals surface area contributed by atoms with Crippen LogP contribution in [0.5, 0.6) is 0 Å². The quantitative estimate of drug-likeness (QED) is 0.567. The molecule has 2 rings (SSSR count). The number of carbonyl (C=O) groups is 2. The standard InChI is InChI=1S/C20H22Cl2N2O5S/c1-12(2)18(24-30(27,28)17-7-5-4-6-8-17)20(26)29-13(3)19(25)23-16-10-14(21)9-15(22)11-16/h4-13,18,24H,1-3H3,(H,23,25)/t13-,18-/m1/s1. The van der Waals surface area contributed by atoms with E-state index in [9.17, 15) is 18.0 Å². The van der Waals surface area contributed by atoms with E-state index in [4.69, 9.17) is 27.9 Å². The van der Waals surface area contributed by atoms with Crippen molar-refractivity contribution in [1.29, 1.82) is 0 Å². The number of amides is 1. The molecule has 0 saturated carbocycles. The third-order valence-electron chi connectivity index (χ3n) is 4.05. The minimum atomic E-state index is -3.94. The van der Waals surface area contributed by atoms with Crippen LogP contribution >= 0.6 is 23.2 Å². The van der Waals surface area contributed by atoms with E-state index in [1.807, 2.05) is 0 Å². The summed E-state index contributed by atoms with van der Waals surface area (Å²) in [4.78, 5) is 25.0. The molecule has 0 spiro atoms. The maximum atomic E-state index is 12.6. The van der Waals surface area contributed by atoms with Gasteiger partial charge in [0.25, 0.3) is 5.91 Å². The predicted molar refractivity (Wildman–Crippen MR) is 116 cm³/mol. The second kappa shape index (κ2) is 10.3. The number of sulfonamides is 1. The smallest absolute Gasteiger partial charge is 0.325 e. The molecule has 0 aliphatic rings. The lowest BCUT2D eigenvalue weighted by atomic mass is 10.1. The van der Waals surface area contributed by atoms with E-state index in [0.717, 1.165) is 0 Å². The Morgan fingerprint density at radius 3 is 2.07 bits per heavy atom. The second-order valence-corrected chi connectivity index (χ2v) is 9.47. The van der Waals surface area contributed by atoms with E-state index < -0.39 is 40.0 Å². The van der Waals surface area contributed by atoms with Gasteiger partial charge in [-0.15, -0.1) is 0 Å². The third kappa shape index (κ3) is 6.70. The van der Waals surface area contributed by atoms with E-state index >= 15 is 0 Å². The molecule has 2 atom stereocenters. The summed E-state index contributed by atoms with van der Waals surface area (Å²) in [5, 5.41) is 3.21. The normalized spacial score (nSPS) is 13.5. The Labute approximate surface area is 185 Å². The van der Waals surface area contributed by atoms with E-state index in [1.54, 1.807) is 32.0 Å². The first-order chi connectivity index (χ1) is 14.0. The van der Waals surface area contributed by atoms with E-state index in [2.05, 4.69) is 10.0 Å². The lowest BCUT2D eigenvalue weighted by Gasteiger charge is -2.23. The number of benzene rings is 2. The fourth-order valence-electron chi connectivity index (χ4n) is 2.46. The van der Waals surface area contributed by atoms with Crippen molar-refractivity contribution in [3.05, 3.63) is 58.6 Å². The predicted octanol–water partition coefficient (Wildman–Crippen LogP) is 3.87. The average Bonchev–Trinajstić information content (AvgIpc) is 2.65. The number of ether oxygens (including phenoxy) is 1. The second-order valence-electron chi connectivity index (χ2n) is 6.88. The van der Waals surface area contributed by atoms with Crippen molar-refractivity contribution in [3.63, 3.8) is 0 Å². The van der Waals surface area contributed by atoms with E-state index in [1.165, 1.54) is 37.3 Å². The largest absolute Gasteiger partial charge is 0.451 e. The number of hydrogen-bond acceptors (Lipinski definition) is 5. The van der Waals surface area contributed by atoms with Gasteiger partial charge >= 0.3 is 5.97 Å². The molecule has 0 bridgehead atoms. The third-order valence-corrected chi connectivity index (χ3v) is 5.94. The molecular weight excluding hydrogens is 451 g/mol. The van der Waals surface area contributed by atoms with Crippen molar-refractivity contribution in [1.82, 2.24) is 4.72 Å². The molecule has 162 valence electrons. The SMILES string of the molecule is CC(C)[C@@H](NS(=O)(=O)c1ccccc1)C(=O)O[C@H](C)C(=O)Nc1cc(Cl)cc(Cl)c1. The fourth-order valence-corrected chi connectivity index (χ4v) is 4.34. The van der Waals surface area contributed by atoms with Crippen LogP contribution in [0.25, 0.3) is 0 Å². The first-order valence-electron chi connectivity index (χ1n) is 9.04. The van der Waals surface area contributed by atoms with Crippen LogP contribution in [-0.4, -0.2) is 32.4 Å². The first kappa shape index (κ1) is 24.1. The lowest BCUT2D eigenvalue weighted by Crippen LogP contribution is -2.47. The molecule has 0 saturated heterocycles. The summed E-state index contributed by atoms with van der Waals surface area (Å²) in [6.07, 6.45) is -1.18. The van der Waals surface area contributed by atoms with Crippen LogP contribution < -0.4 is 10.0 Å². The lowest BCUT2D eigenvalue weighted by molar-refractivity contribution is -0.155. The summed E-state index contributed by atoms with van der Waals surface area (Å²) in [5.41, 5.74) is 0.339. The molecule has 0 unspecified atom stereocenters. The van der Waals surface area contributed by atoms with Gasteiger partial charge in [0.15, 0.2) is 6.10 Å². The molecule has 0 aromatic heterocycles. The summed E-state index contributed by atoms with van der Waals surface area (Å²) >= 11 is 11.8. The zero-order valence-electron chi connectivity index (χ0n) is 16.6. The van der Waals surface area contributed by atoms with Gasteiger partial charge < -0.3 is 10.1 Å². The molecule has 1 amide bonds. The van der Waals surface area contributed by atoms with Gasteiger partial charge in [-0.3, -0.25) is 9.59 Å². The highest BCUT2D eigenvalue weighted by molar-refractivity contribution is 7.89. The van der Waals surface area contributed by atoms with Gasteiger partial charge in [0.05, 0.1) is 4.90 Å². The molecule has 0 aliphatic carbocycles. The Balaban J connectivity index is 2.07. The van der Waals surface area contributed by atoms with Crippen molar-refractivity contribution >= 4 is 50.8 Å². The molecule has 30 heavy (non-hydrogen) atoms. The minimum Gasteiger partial charge on any atom is -0.451 e. The number of anilines is 1. The van der Waals surface area contributed by atoms with Crippen molar-refractivity contribution in [2.45, 2.75) is 37.8 Å². The first-order valence-corrected chi connectivity index (χ1v) is 11.3. The average molecular weight is 473 g/mol. The summed E-state index contributed by atoms with van der Waals surface area (Å²) in [6.45, 7) is 4.71. The summed E-state index contributed by atoms with van der Waals surface area (Å²) in [7, 11) is -3.94. The van der Waals surface area contributed by atoms with Crippen LogP contribution in [0.4, 0.5) is 5.69 Å². The highest BCUT2D eigenvalue weighted by Gasteiger charge is 2.31. The van der Waals surface area contributed by atoms with Gasteiger partial charge in [0.1, 0.15) is 6.04 Å². The van der Waals surface area contributed by atoms with Crippen molar-refractivity contribution in [2.75, 3.05) is 5.32 Å². The van der Waals surface area contributed by atoms with Crippen LogP contribution in [0, 0.1) is 5.92 Å². The molecular formula is C20H22Cl2N2O5S. The molecule has 2 N–H and O–H groups in total. The highest BCUT2D eigenvalue weighted by Crippen LogP contribution is 2.22. The number of halogens is 2. The molecule has 2 aromatic carbocycles. The van der Waals surface area contributed by atoms with Gasteiger partial charge in [-0.1, -0.05) is 55.2 Å². The van der Waals surface area contributed by atoms with Gasteiger partial charge in [0.2, 0.25) is 10.0 Å².